The van der Waals surface area contributed by atoms with E-state index in [-0.39, 0.29) is 0 Å². The molecule has 4 heteroatoms. The first-order valence-corrected chi connectivity index (χ1v) is 9.51. The van der Waals surface area contributed by atoms with Crippen LogP contribution in [0, 0.1) is 13.8 Å². The molecule has 4 aromatic rings. The summed E-state index contributed by atoms with van der Waals surface area (Å²) in [7, 11) is 1.65. The van der Waals surface area contributed by atoms with E-state index in [4.69, 9.17) is 4.74 Å². The van der Waals surface area contributed by atoms with Crippen LogP contribution in [0.1, 0.15) is 18.1 Å². The number of methoxy groups -OCH3 is 1. The van der Waals surface area contributed by atoms with E-state index in [0.717, 1.165) is 22.5 Å². The minimum Gasteiger partial charge on any atom is -0.497 e. The normalized spacial score (nSPS) is 13.6. The molecule has 3 aromatic carbocycles. The molecule has 0 fully saturated rings. The summed E-state index contributed by atoms with van der Waals surface area (Å²) in [6.45, 7) is 6.40. The van der Waals surface area contributed by atoms with E-state index in [1.165, 1.54) is 21.9 Å². The van der Waals surface area contributed by atoms with Crippen molar-refractivity contribution >= 4 is 27.5 Å². The zero-order chi connectivity index (χ0) is 19.9. The molecule has 0 saturated heterocycles. The molecule has 4 nitrogen and oxygen atoms in total. The fourth-order valence-corrected chi connectivity index (χ4v) is 3.85. The van der Waals surface area contributed by atoms with Crippen LogP contribution >= 0.6 is 0 Å². The largest absolute Gasteiger partial charge is 0.497 e. The average Bonchev–Trinajstić information content (AvgIpc) is 3.00. The first-order valence-electron chi connectivity index (χ1n) is 9.51. The van der Waals surface area contributed by atoms with Gasteiger partial charge in [0.15, 0.2) is 5.72 Å². The second-order valence-electron chi connectivity index (χ2n) is 7.68. The van der Waals surface area contributed by atoms with Gasteiger partial charge in [0.25, 0.3) is 0 Å². The van der Waals surface area contributed by atoms with Gasteiger partial charge in [-0.25, -0.2) is 0 Å². The number of nitrogens with one attached hydrogen (secondary N) is 1. The Morgan fingerprint density at radius 1 is 0.929 bits per heavy atom. The minimum atomic E-state index is -1.12. The zero-order valence-electron chi connectivity index (χ0n) is 16.8. The Morgan fingerprint density at radius 2 is 1.54 bits per heavy atom. The monoisotopic (exact) mass is 374 g/mol. The molecule has 0 bridgehead atoms. The number of nitrogens with zero attached hydrogens (tertiary/aromatic N) is 1. The van der Waals surface area contributed by atoms with Gasteiger partial charge in [-0.05, 0) is 57.2 Å². The van der Waals surface area contributed by atoms with Gasteiger partial charge in [0, 0.05) is 22.5 Å². The molecule has 1 atom stereocenters. The quantitative estimate of drug-likeness (QED) is 0.505. The summed E-state index contributed by atoms with van der Waals surface area (Å²) < 4.78 is 7.32. The van der Waals surface area contributed by atoms with E-state index in [0.29, 0.717) is 6.54 Å². The molecule has 4 rings (SSSR count). The predicted octanol–water partition coefficient (Wildman–Crippen LogP) is 5.20. The lowest BCUT2D eigenvalue weighted by Crippen LogP contribution is -2.37. The number of rotatable bonds is 5. The van der Waals surface area contributed by atoms with Crippen molar-refractivity contribution in [1.82, 2.24) is 4.57 Å². The molecule has 28 heavy (non-hydrogen) atoms. The van der Waals surface area contributed by atoms with Gasteiger partial charge in [-0.1, -0.05) is 29.3 Å². The first-order chi connectivity index (χ1) is 13.4. The van der Waals surface area contributed by atoms with E-state index >= 15 is 0 Å². The minimum absolute atomic E-state index is 0.362. The lowest BCUT2D eigenvalue weighted by atomic mass is 10.1. The Balaban J connectivity index is 1.79. The van der Waals surface area contributed by atoms with Crippen molar-refractivity contribution in [3.05, 3.63) is 71.8 Å². The standard InChI is InChI=1S/C24H26N2O2/c1-16-8-10-22-20(12-16)21-13-17(2)9-11-23(21)26(22)24(3,27)15-25-18-6-5-7-19(14-18)28-4/h5-14,25,27H,15H2,1-4H3. The van der Waals surface area contributed by atoms with Crippen molar-refractivity contribution in [3.8, 4) is 5.75 Å². The van der Waals surface area contributed by atoms with E-state index in [1.54, 1.807) is 7.11 Å². The van der Waals surface area contributed by atoms with Gasteiger partial charge in [0.05, 0.1) is 24.7 Å². The van der Waals surface area contributed by atoms with Crippen molar-refractivity contribution < 1.29 is 9.84 Å². The lowest BCUT2D eigenvalue weighted by molar-refractivity contribution is 0.00391. The summed E-state index contributed by atoms with van der Waals surface area (Å²) in [6, 6.07) is 20.5. The molecule has 1 aromatic heterocycles. The lowest BCUT2D eigenvalue weighted by Gasteiger charge is -2.28. The van der Waals surface area contributed by atoms with Crippen LogP contribution in [-0.4, -0.2) is 23.3 Å². The SMILES string of the molecule is COc1cccc(NCC(C)(O)n2c3ccc(C)cc3c3cc(C)ccc32)c1. The Bertz CT molecular complexity index is 1100. The molecule has 0 saturated carbocycles. The predicted molar refractivity (Wildman–Crippen MR) is 116 cm³/mol. The van der Waals surface area contributed by atoms with Gasteiger partial charge < -0.3 is 19.7 Å². The highest BCUT2D eigenvalue weighted by molar-refractivity contribution is 6.08. The van der Waals surface area contributed by atoms with Crippen LogP contribution in [0.5, 0.6) is 5.75 Å². The van der Waals surface area contributed by atoms with Crippen LogP contribution in [-0.2, 0) is 5.72 Å². The number of hydrogen-bond donors (Lipinski definition) is 2. The highest BCUT2D eigenvalue weighted by Crippen LogP contribution is 2.34. The second-order valence-corrected chi connectivity index (χ2v) is 7.68. The molecule has 0 aliphatic carbocycles. The molecule has 1 heterocycles. The number of fused-ring (bicyclic) bond motifs is 3. The molecule has 0 spiro atoms. The molecule has 0 aliphatic rings. The van der Waals surface area contributed by atoms with Gasteiger partial charge >= 0.3 is 0 Å². The Morgan fingerprint density at radius 3 is 2.11 bits per heavy atom. The first kappa shape index (κ1) is 18.4. The van der Waals surface area contributed by atoms with E-state index in [1.807, 2.05) is 35.8 Å². The maximum absolute atomic E-state index is 11.5. The molecule has 0 amide bonds. The Labute approximate surface area is 165 Å². The molecule has 2 N–H and O–H groups in total. The fraction of sp³-hybridized carbons (Fsp3) is 0.250. The maximum atomic E-state index is 11.5. The molecule has 1 unspecified atom stereocenters. The van der Waals surface area contributed by atoms with Crippen LogP contribution in [0.25, 0.3) is 21.8 Å². The molecule has 0 radical (unpaired) electrons. The number of anilines is 1. The number of aryl methyl sites for hydroxylation is 2. The molecular formula is C24H26N2O2. The summed E-state index contributed by atoms with van der Waals surface area (Å²) in [5, 5.41) is 17.1. The van der Waals surface area contributed by atoms with Gasteiger partial charge in [-0.2, -0.15) is 0 Å². The molecule has 144 valence electrons. The van der Waals surface area contributed by atoms with Gasteiger partial charge in [-0.15, -0.1) is 0 Å². The average molecular weight is 374 g/mol. The van der Waals surface area contributed by atoms with Gasteiger partial charge in [0.1, 0.15) is 5.75 Å². The number of hydrogen-bond acceptors (Lipinski definition) is 3. The summed E-state index contributed by atoms with van der Waals surface area (Å²) in [4.78, 5) is 0. The summed E-state index contributed by atoms with van der Waals surface area (Å²) in [5.74, 6) is 0.785. The number of aliphatic hydroxyl groups is 1. The third kappa shape index (κ3) is 3.20. The van der Waals surface area contributed by atoms with Crippen LogP contribution < -0.4 is 10.1 Å². The number of ether oxygens (including phenoxy) is 1. The van der Waals surface area contributed by atoms with E-state index < -0.39 is 5.72 Å². The van der Waals surface area contributed by atoms with Crippen molar-refractivity contribution in [2.45, 2.75) is 26.5 Å². The second kappa shape index (κ2) is 6.88. The topological polar surface area (TPSA) is 46.4 Å². The maximum Gasteiger partial charge on any atom is 0.156 e. The van der Waals surface area contributed by atoms with Crippen LogP contribution in [0.3, 0.4) is 0 Å². The Hall–Kier alpha value is -2.98. The summed E-state index contributed by atoms with van der Waals surface area (Å²) >= 11 is 0. The highest BCUT2D eigenvalue weighted by Gasteiger charge is 2.27. The number of aromatic nitrogens is 1. The number of benzene rings is 3. The van der Waals surface area contributed by atoms with E-state index in [9.17, 15) is 5.11 Å². The molecule has 0 aliphatic heterocycles. The van der Waals surface area contributed by atoms with Crippen LogP contribution in [0.15, 0.2) is 60.7 Å². The van der Waals surface area contributed by atoms with Gasteiger partial charge in [0.2, 0.25) is 0 Å². The highest BCUT2D eigenvalue weighted by atomic mass is 16.5. The summed E-state index contributed by atoms with van der Waals surface area (Å²) in [6.07, 6.45) is 0. The van der Waals surface area contributed by atoms with Crippen LogP contribution in [0.2, 0.25) is 0 Å². The van der Waals surface area contributed by atoms with Crippen LogP contribution in [0.4, 0.5) is 5.69 Å². The summed E-state index contributed by atoms with van der Waals surface area (Å²) in [5.41, 5.74) is 4.27. The third-order valence-electron chi connectivity index (χ3n) is 5.25. The van der Waals surface area contributed by atoms with Crippen molar-refractivity contribution in [2.75, 3.05) is 19.0 Å². The smallest absolute Gasteiger partial charge is 0.156 e. The third-order valence-corrected chi connectivity index (χ3v) is 5.25. The fourth-order valence-electron chi connectivity index (χ4n) is 3.85. The van der Waals surface area contributed by atoms with Gasteiger partial charge in [-0.3, -0.25) is 0 Å². The van der Waals surface area contributed by atoms with Crippen molar-refractivity contribution in [3.63, 3.8) is 0 Å². The molecular weight excluding hydrogens is 348 g/mol. The van der Waals surface area contributed by atoms with Crippen molar-refractivity contribution in [1.29, 1.82) is 0 Å². The van der Waals surface area contributed by atoms with Crippen molar-refractivity contribution in [2.24, 2.45) is 0 Å². The Kier molecular flexibility index (Phi) is 4.52. The zero-order valence-corrected chi connectivity index (χ0v) is 16.8. The van der Waals surface area contributed by atoms with E-state index in [2.05, 4.69) is 55.6 Å².